The maximum absolute atomic E-state index is 13.6. The molecular weight excluding hydrogens is 638 g/mol. The van der Waals surface area contributed by atoms with Crippen LogP contribution in [0.15, 0.2) is 36.4 Å². The van der Waals surface area contributed by atoms with Gasteiger partial charge in [-0.1, -0.05) is 24.6 Å². The van der Waals surface area contributed by atoms with Gasteiger partial charge in [0.15, 0.2) is 0 Å². The number of aliphatic hydroxyl groups excluding tert-OH is 1. The van der Waals surface area contributed by atoms with E-state index in [-0.39, 0.29) is 34.8 Å². The van der Waals surface area contributed by atoms with Crippen LogP contribution in [0.3, 0.4) is 0 Å². The molecule has 3 heterocycles. The van der Waals surface area contributed by atoms with Crippen LogP contribution in [0, 0.1) is 17.8 Å². The number of halogens is 1. The Morgan fingerprint density at radius 2 is 1.87 bits per heavy atom. The summed E-state index contributed by atoms with van der Waals surface area (Å²) in [6.07, 6.45) is 5.67. The van der Waals surface area contributed by atoms with Crippen LogP contribution in [0.5, 0.6) is 5.75 Å². The molecule has 7 rings (SSSR count). The number of aryl methyl sites for hydroxylation is 1. The molecule has 2 aromatic rings. The van der Waals surface area contributed by atoms with Crippen molar-refractivity contribution in [3.63, 3.8) is 0 Å². The zero-order valence-corrected chi connectivity index (χ0v) is 29.1. The van der Waals surface area contributed by atoms with Crippen LogP contribution in [0.4, 0.5) is 5.69 Å². The predicted molar refractivity (Wildman–Crippen MR) is 183 cm³/mol. The molecule has 3 aliphatic heterocycles. The van der Waals surface area contributed by atoms with E-state index in [1.165, 1.54) is 11.1 Å². The van der Waals surface area contributed by atoms with Gasteiger partial charge in [0.05, 0.1) is 36.9 Å². The van der Waals surface area contributed by atoms with Crippen molar-refractivity contribution in [2.45, 2.75) is 81.6 Å². The number of hydrogen-bond donors (Lipinski definition) is 2. The monoisotopic (exact) mass is 685 g/mol. The van der Waals surface area contributed by atoms with Crippen LogP contribution in [-0.4, -0.2) is 87.7 Å². The zero-order chi connectivity index (χ0) is 32.9. The average Bonchev–Trinajstić information content (AvgIpc) is 3.18. The summed E-state index contributed by atoms with van der Waals surface area (Å²) in [5, 5.41) is 11.8. The minimum atomic E-state index is -3.97. The molecule has 1 saturated carbocycles. The molecule has 256 valence electrons. The van der Waals surface area contributed by atoms with Gasteiger partial charge in [-0.2, -0.15) is 0 Å². The van der Waals surface area contributed by atoms with Crippen molar-refractivity contribution in [1.82, 2.24) is 9.62 Å². The molecule has 0 aromatic heterocycles. The van der Waals surface area contributed by atoms with Crippen molar-refractivity contribution in [3.8, 4) is 5.75 Å². The topological polar surface area (TPSA) is 108 Å². The average molecular weight is 686 g/mol. The fourth-order valence-corrected chi connectivity index (χ4v) is 10.3. The van der Waals surface area contributed by atoms with Crippen molar-refractivity contribution < 1.29 is 27.8 Å². The van der Waals surface area contributed by atoms with Gasteiger partial charge >= 0.3 is 0 Å². The Labute approximate surface area is 284 Å². The standard InChI is InChI=1S/C36H48ClN3O6S/c1-23-16-29(39-12-14-45-15-13-39)19-33(41)30-8-5-27(30)20-40-21-36(11-3-4-25-17-28(37)7-9-31(25)36)22-46-34-10-6-26(18-32(34)40)35(42)38-47(43,44)24(23)2/h6-7,9-10,17-18,23-24,27,29-30,33,41H,3-5,8,11-16,19-22H2,1-2H3,(H,38,42). The Balaban J connectivity index is 1.27. The Bertz CT molecular complexity index is 1600. The van der Waals surface area contributed by atoms with Crippen LogP contribution in [0.25, 0.3) is 0 Å². The Morgan fingerprint density at radius 3 is 2.64 bits per heavy atom. The number of benzene rings is 2. The van der Waals surface area contributed by atoms with E-state index in [9.17, 15) is 18.3 Å². The molecule has 5 aliphatic rings. The molecule has 2 N–H and O–H groups in total. The SMILES string of the molecule is CC1CC(N2CCOCC2)CC(O)C2CCC2CN2CC3(CCCc4cc(Cl)ccc43)COc3ccc(cc32)C(=O)NS(=O)(=O)C1C. The normalized spacial score (nSPS) is 34.6. The number of sulfonamides is 1. The molecule has 2 aromatic carbocycles. The van der Waals surface area contributed by atoms with E-state index < -0.39 is 27.3 Å². The fraction of sp³-hybridized carbons (Fsp3) is 0.639. The van der Waals surface area contributed by atoms with E-state index in [0.29, 0.717) is 45.0 Å². The number of hydrogen-bond acceptors (Lipinski definition) is 8. The number of rotatable bonds is 1. The quantitative estimate of drug-likeness (QED) is 0.442. The van der Waals surface area contributed by atoms with Gasteiger partial charge in [-0.3, -0.25) is 9.69 Å². The van der Waals surface area contributed by atoms with Crippen molar-refractivity contribution in [3.05, 3.63) is 58.1 Å². The van der Waals surface area contributed by atoms with E-state index in [4.69, 9.17) is 21.1 Å². The van der Waals surface area contributed by atoms with Gasteiger partial charge in [-0.25, -0.2) is 13.1 Å². The van der Waals surface area contributed by atoms with Gasteiger partial charge < -0.3 is 19.5 Å². The smallest absolute Gasteiger partial charge is 0.264 e. The summed E-state index contributed by atoms with van der Waals surface area (Å²) in [6, 6.07) is 11.5. The summed E-state index contributed by atoms with van der Waals surface area (Å²) >= 11 is 6.43. The number of carbonyl (C=O) groups is 1. The molecule has 1 saturated heterocycles. The molecule has 1 spiro atoms. The zero-order valence-electron chi connectivity index (χ0n) is 27.5. The largest absolute Gasteiger partial charge is 0.490 e. The Hall–Kier alpha value is -2.37. The van der Waals surface area contributed by atoms with E-state index in [1.807, 2.05) is 19.1 Å². The van der Waals surface area contributed by atoms with Gasteiger partial charge in [-0.15, -0.1) is 0 Å². The van der Waals surface area contributed by atoms with E-state index in [0.717, 1.165) is 62.4 Å². The lowest BCUT2D eigenvalue weighted by molar-refractivity contribution is -0.0324. The third-order valence-corrected chi connectivity index (χ3v) is 14.1. The summed E-state index contributed by atoms with van der Waals surface area (Å²) in [7, 11) is -3.97. The molecule has 1 amide bonds. The maximum atomic E-state index is 13.6. The van der Waals surface area contributed by atoms with E-state index in [1.54, 1.807) is 19.1 Å². The number of carbonyl (C=O) groups excluding carboxylic acids is 1. The van der Waals surface area contributed by atoms with Crippen molar-refractivity contribution in [2.75, 3.05) is 50.9 Å². The Morgan fingerprint density at radius 1 is 1.06 bits per heavy atom. The second-order valence-corrected chi connectivity index (χ2v) is 17.3. The van der Waals surface area contributed by atoms with E-state index in [2.05, 4.69) is 26.7 Å². The van der Waals surface area contributed by atoms with Crippen molar-refractivity contribution >= 4 is 33.2 Å². The van der Waals surface area contributed by atoms with Crippen LogP contribution in [-0.2, 0) is 26.6 Å². The fourth-order valence-electron chi connectivity index (χ4n) is 8.86. The summed E-state index contributed by atoms with van der Waals surface area (Å²) < 4.78 is 41.8. The first kappa shape index (κ1) is 33.1. The molecule has 2 fully saturated rings. The van der Waals surface area contributed by atoms with Crippen LogP contribution in [0.2, 0.25) is 5.02 Å². The first-order valence-corrected chi connectivity index (χ1v) is 19.3. The van der Waals surface area contributed by atoms with Gasteiger partial charge in [0.2, 0.25) is 10.0 Å². The number of morpholine rings is 1. The lowest BCUT2D eigenvalue weighted by Gasteiger charge is -2.47. The van der Waals surface area contributed by atoms with Gasteiger partial charge in [0, 0.05) is 48.2 Å². The van der Waals surface area contributed by atoms with Crippen LogP contribution < -0.4 is 14.4 Å². The molecular formula is C36H48ClN3O6S. The lowest BCUT2D eigenvalue weighted by atomic mass is 9.67. The highest BCUT2D eigenvalue weighted by Crippen LogP contribution is 2.47. The highest BCUT2D eigenvalue weighted by molar-refractivity contribution is 7.90. The second-order valence-electron chi connectivity index (χ2n) is 14.8. The highest BCUT2D eigenvalue weighted by atomic mass is 35.5. The number of nitrogens with zero attached hydrogens (tertiary/aromatic N) is 2. The van der Waals surface area contributed by atoms with Gasteiger partial charge in [0.25, 0.3) is 5.91 Å². The summed E-state index contributed by atoms with van der Waals surface area (Å²) in [5.74, 6) is 0.265. The van der Waals surface area contributed by atoms with Crippen LogP contribution >= 0.6 is 11.6 Å². The molecule has 47 heavy (non-hydrogen) atoms. The summed E-state index contributed by atoms with van der Waals surface area (Å²) in [5.41, 5.74) is 3.34. The van der Waals surface area contributed by atoms with Crippen LogP contribution in [0.1, 0.15) is 73.9 Å². The third kappa shape index (κ3) is 6.53. The molecule has 7 unspecified atom stereocenters. The van der Waals surface area contributed by atoms with Crippen molar-refractivity contribution in [1.29, 1.82) is 0 Å². The molecule has 2 bridgehead atoms. The number of anilines is 1. The minimum absolute atomic E-state index is 0.0196. The number of amides is 1. The second kappa shape index (κ2) is 13.2. The maximum Gasteiger partial charge on any atom is 0.264 e. The Kier molecular flexibility index (Phi) is 9.28. The lowest BCUT2D eigenvalue weighted by Crippen LogP contribution is -2.51. The summed E-state index contributed by atoms with van der Waals surface area (Å²) in [6.45, 7) is 8.32. The minimum Gasteiger partial charge on any atom is -0.490 e. The summed E-state index contributed by atoms with van der Waals surface area (Å²) in [4.78, 5) is 18.3. The first-order chi connectivity index (χ1) is 22.5. The molecule has 11 heteroatoms. The van der Waals surface area contributed by atoms with Crippen molar-refractivity contribution in [2.24, 2.45) is 17.8 Å². The number of aliphatic hydroxyl groups is 1. The predicted octanol–water partition coefficient (Wildman–Crippen LogP) is 4.78. The van der Waals surface area contributed by atoms with Gasteiger partial charge in [-0.05, 0) is 111 Å². The number of fused-ring (bicyclic) bond motifs is 4. The third-order valence-electron chi connectivity index (χ3n) is 12.0. The molecule has 2 aliphatic carbocycles. The molecule has 7 atom stereocenters. The molecule has 0 radical (unpaired) electrons. The highest BCUT2D eigenvalue weighted by Gasteiger charge is 2.45. The first-order valence-electron chi connectivity index (χ1n) is 17.4. The number of nitrogens with one attached hydrogen (secondary N) is 1. The van der Waals surface area contributed by atoms with Gasteiger partial charge in [0.1, 0.15) is 5.75 Å². The molecule has 9 nitrogen and oxygen atoms in total. The van der Waals surface area contributed by atoms with E-state index >= 15 is 0 Å². The number of ether oxygens (including phenoxy) is 2.